The quantitative estimate of drug-likeness (QED) is 0.124. The Labute approximate surface area is 161 Å². The molecule has 84 valence electrons. The van der Waals surface area contributed by atoms with E-state index >= 15 is 0 Å². The van der Waals surface area contributed by atoms with E-state index in [4.69, 9.17) is 17.5 Å². The van der Waals surface area contributed by atoms with Gasteiger partial charge in [-0.1, -0.05) is 5.04 Å². The molecule has 0 aliphatic rings. The molecule has 8 nitrogen and oxygen atoms in total. The molecule has 0 fully saturated rings. The van der Waals surface area contributed by atoms with Gasteiger partial charge in [0.15, 0.2) is 0 Å². The van der Waals surface area contributed by atoms with Gasteiger partial charge >= 0.3 is 88.7 Å². The molecule has 12 heteroatoms. The second kappa shape index (κ2) is 26.3. The van der Waals surface area contributed by atoms with Crippen molar-refractivity contribution in [2.75, 3.05) is 13.2 Å². The van der Waals surface area contributed by atoms with Crippen LogP contribution in [-0.4, -0.2) is 36.2 Å². The van der Waals surface area contributed by atoms with Crippen molar-refractivity contribution in [3.63, 3.8) is 0 Å². The summed E-state index contributed by atoms with van der Waals surface area (Å²) in [6.07, 6.45) is 0. The zero-order chi connectivity index (χ0) is 10.0. The first kappa shape index (κ1) is 36.3. The van der Waals surface area contributed by atoms with Crippen LogP contribution >= 0.6 is 0 Å². The van der Waals surface area contributed by atoms with E-state index < -0.39 is 10.4 Å². The molecule has 0 unspecified atom stereocenters. The normalized spacial score (nSPS) is 7.75. The zero-order valence-corrected chi connectivity index (χ0v) is 16.9. The molecule has 0 rings (SSSR count). The van der Waals surface area contributed by atoms with Gasteiger partial charge < -0.3 is 14.6 Å². The van der Waals surface area contributed by atoms with Crippen molar-refractivity contribution in [3.05, 3.63) is 0 Å². The fourth-order valence-electron chi connectivity index (χ4n) is 0.130. The summed E-state index contributed by atoms with van der Waals surface area (Å²) in [5.41, 5.74) is 0. The average molecular weight is 288 g/mol. The van der Waals surface area contributed by atoms with Gasteiger partial charge in [0.25, 0.3) is 0 Å². The van der Waals surface area contributed by atoms with Gasteiger partial charge in [0.05, 0.1) is 13.2 Å². The molecule has 0 atom stereocenters. The first-order valence-corrected chi connectivity index (χ1v) is 4.32. The third kappa shape index (κ3) is 91.6. The van der Waals surface area contributed by atoms with E-state index in [9.17, 15) is 0 Å². The Balaban J connectivity index is -0.0000000258. The summed E-state index contributed by atoms with van der Waals surface area (Å²) in [5.74, 6) is 0. The smallest absolute Gasteiger partial charge is 0.870 e. The molecule has 0 amide bonds. The molecule has 0 aromatic rings. The molecule has 0 aliphatic heterocycles. The molecule has 0 aromatic heterocycles. The minimum absolute atomic E-state index is 0. The first-order chi connectivity index (χ1) is 5.41. The van der Waals surface area contributed by atoms with Crippen LogP contribution in [0.3, 0.4) is 0 Å². The first-order valence-electron chi connectivity index (χ1n) is 2.99. The van der Waals surface area contributed by atoms with Gasteiger partial charge in [0.2, 0.25) is 0 Å². The Morgan fingerprint density at radius 3 is 1.25 bits per heavy atom. The van der Waals surface area contributed by atoms with E-state index in [2.05, 4.69) is 14.8 Å². The van der Waals surface area contributed by atoms with E-state index in [-0.39, 0.29) is 94.1 Å². The maximum Gasteiger partial charge on any atom is 1.00 e. The van der Waals surface area contributed by atoms with Crippen LogP contribution in [0.4, 0.5) is 0 Å². The predicted molar refractivity (Wildman–Crippen MR) is 36.7 cm³/mol. The standard InChI is InChI=1S/C4H10O3.3Na.H2O4S.H2O/c1-3-5-7-6-4-2;;;;1-5(2,3)4;/h3-4H2,1-2H3;;;;(H2,1,2,3,4);1H2/q;3*+1;;/p-3. The topological polar surface area (TPSA) is 138 Å². The summed E-state index contributed by atoms with van der Waals surface area (Å²) in [4.78, 5) is 8.70. The second-order valence-electron chi connectivity index (χ2n) is 1.29. The van der Waals surface area contributed by atoms with Gasteiger partial charge in [-0.15, -0.1) is 0 Å². The monoisotopic (exact) mass is 288 g/mol. The van der Waals surface area contributed by atoms with E-state index in [1.54, 1.807) is 0 Å². The SMILES string of the molecule is CCOOOCC.O=S(=O)([O-])[O-].[Na+].[Na+].[Na+].[OH-]. The van der Waals surface area contributed by atoms with Crippen LogP contribution in [0.5, 0.6) is 0 Å². The number of hydrogen-bond donors (Lipinski definition) is 0. The van der Waals surface area contributed by atoms with Crippen molar-refractivity contribution in [1.82, 2.24) is 0 Å². The van der Waals surface area contributed by atoms with Gasteiger partial charge in [0, 0.05) is 10.4 Å². The van der Waals surface area contributed by atoms with Gasteiger partial charge in [-0.25, -0.2) is 9.78 Å². The number of hydrogen-bond acceptors (Lipinski definition) is 8. The second-order valence-corrected chi connectivity index (χ2v) is 2.11. The van der Waals surface area contributed by atoms with E-state index in [0.717, 1.165) is 0 Å². The van der Waals surface area contributed by atoms with Crippen LogP contribution in [0, 0.1) is 0 Å². The van der Waals surface area contributed by atoms with Crippen LogP contribution in [0.2, 0.25) is 0 Å². The van der Waals surface area contributed by atoms with E-state index in [1.807, 2.05) is 13.8 Å². The Bertz CT molecular complexity index is 162. The van der Waals surface area contributed by atoms with Crippen LogP contribution < -0.4 is 88.7 Å². The van der Waals surface area contributed by atoms with Crippen molar-refractivity contribution in [3.8, 4) is 0 Å². The Hall–Kier alpha value is 2.71. The van der Waals surface area contributed by atoms with Crippen molar-refractivity contribution in [1.29, 1.82) is 0 Å². The van der Waals surface area contributed by atoms with Gasteiger partial charge in [-0.2, -0.15) is 0 Å². The molecular formula is C4H11Na3O8S. The van der Waals surface area contributed by atoms with Crippen LogP contribution in [-0.2, 0) is 25.2 Å². The molecule has 0 saturated heterocycles. The maximum absolute atomic E-state index is 8.52. The molecule has 0 heterocycles. The molecular weight excluding hydrogens is 277 g/mol. The minimum atomic E-state index is -5.17. The predicted octanol–water partition coefficient (Wildman–Crippen LogP) is -9.60. The summed E-state index contributed by atoms with van der Waals surface area (Å²) in [6.45, 7) is 4.66. The van der Waals surface area contributed by atoms with Gasteiger partial charge in [0.1, 0.15) is 0 Å². The summed E-state index contributed by atoms with van der Waals surface area (Å²) < 4.78 is 34.1. The molecule has 0 spiro atoms. The third-order valence-electron chi connectivity index (χ3n) is 0.332. The van der Waals surface area contributed by atoms with Crippen LogP contribution in [0.15, 0.2) is 0 Å². The molecule has 0 bridgehead atoms. The van der Waals surface area contributed by atoms with Gasteiger partial charge in [-0.05, 0) is 13.8 Å². The fraction of sp³-hybridized carbons (Fsp3) is 1.00. The van der Waals surface area contributed by atoms with E-state index in [0.29, 0.717) is 13.2 Å². The summed E-state index contributed by atoms with van der Waals surface area (Å²) >= 11 is 0. The largest absolute Gasteiger partial charge is 1.00 e. The average Bonchev–Trinajstić information content (AvgIpc) is 1.85. The van der Waals surface area contributed by atoms with E-state index in [1.165, 1.54) is 0 Å². The maximum atomic E-state index is 8.52. The Morgan fingerprint density at radius 1 is 0.938 bits per heavy atom. The van der Waals surface area contributed by atoms with Crippen molar-refractivity contribution in [2.45, 2.75) is 13.8 Å². The Morgan fingerprint density at radius 2 is 1.12 bits per heavy atom. The summed E-state index contributed by atoms with van der Waals surface area (Å²) in [5, 5.41) is 4.13. The van der Waals surface area contributed by atoms with Crippen molar-refractivity contribution < 1.29 is 126 Å². The molecule has 1 N–H and O–H groups in total. The van der Waals surface area contributed by atoms with Gasteiger partial charge in [-0.3, -0.25) is 8.42 Å². The summed E-state index contributed by atoms with van der Waals surface area (Å²) in [7, 11) is -5.17. The molecule has 0 radical (unpaired) electrons. The molecule has 0 saturated carbocycles. The van der Waals surface area contributed by atoms with Crippen molar-refractivity contribution >= 4 is 10.4 Å². The zero-order valence-electron chi connectivity index (χ0n) is 10.1. The molecule has 0 aromatic carbocycles. The summed E-state index contributed by atoms with van der Waals surface area (Å²) in [6, 6.07) is 0. The van der Waals surface area contributed by atoms with Crippen molar-refractivity contribution in [2.24, 2.45) is 0 Å². The minimum Gasteiger partial charge on any atom is -0.870 e. The van der Waals surface area contributed by atoms with Crippen LogP contribution in [0.1, 0.15) is 13.8 Å². The number of rotatable bonds is 4. The van der Waals surface area contributed by atoms with Crippen LogP contribution in [0.25, 0.3) is 0 Å². The molecule has 16 heavy (non-hydrogen) atoms. The fourth-order valence-corrected chi connectivity index (χ4v) is 0.130. The Kier molecular flexibility index (Phi) is 59.7. The third-order valence-corrected chi connectivity index (χ3v) is 0.332. The molecule has 0 aliphatic carbocycles.